The first-order chi connectivity index (χ1) is 6.22. The van der Waals surface area contributed by atoms with Gasteiger partial charge in [0.25, 0.3) is 0 Å². The molecule has 2 fully saturated rings. The third kappa shape index (κ3) is 3.69. The molecule has 0 aliphatic carbocycles. The van der Waals surface area contributed by atoms with Gasteiger partial charge in [-0.3, -0.25) is 4.79 Å². The molecule has 1 unspecified atom stereocenters. The largest absolute Gasteiger partial charge is 0.394 e. The van der Waals surface area contributed by atoms with Crippen LogP contribution in [0.2, 0.25) is 0 Å². The van der Waals surface area contributed by atoms with E-state index in [-0.39, 0.29) is 18.6 Å². The topological polar surface area (TPSA) is 58.6 Å². The molecule has 2 saturated heterocycles. The van der Waals surface area contributed by atoms with Crippen molar-refractivity contribution in [3.63, 3.8) is 0 Å². The van der Waals surface area contributed by atoms with Gasteiger partial charge in [-0.25, -0.2) is 4.39 Å². The first kappa shape index (κ1) is 10.4. The van der Waals surface area contributed by atoms with Gasteiger partial charge in [-0.2, -0.15) is 0 Å². The van der Waals surface area contributed by atoms with Crippen molar-refractivity contribution in [1.82, 2.24) is 5.32 Å². The van der Waals surface area contributed by atoms with Gasteiger partial charge >= 0.3 is 0 Å². The number of nitrogens with one attached hydrogen (secondary N) is 1. The van der Waals surface area contributed by atoms with Crippen molar-refractivity contribution in [1.29, 1.82) is 0 Å². The molecule has 5 heteroatoms. The molecule has 4 nitrogen and oxygen atoms in total. The Morgan fingerprint density at radius 1 is 1.62 bits per heavy atom. The Morgan fingerprint density at radius 3 is 2.38 bits per heavy atom. The van der Waals surface area contributed by atoms with Crippen LogP contribution in [-0.4, -0.2) is 43.0 Å². The molecule has 0 aromatic rings. The number of halogens is 1. The molecule has 0 aromatic heterocycles. The van der Waals surface area contributed by atoms with E-state index < -0.39 is 6.17 Å². The molecule has 2 heterocycles. The number of hydrogen-bond acceptors (Lipinski definition) is 3. The number of amides is 1. The van der Waals surface area contributed by atoms with Gasteiger partial charge in [-0.1, -0.05) is 0 Å². The molecular weight excluding hydrogens is 177 g/mol. The number of aliphatic hydroxyl groups is 1. The predicted octanol–water partition coefficient (Wildman–Crippen LogP) is -0.388. The van der Waals surface area contributed by atoms with Crippen LogP contribution in [-0.2, 0) is 9.53 Å². The third-order valence-corrected chi connectivity index (χ3v) is 1.90. The molecular formula is C8H14FNO3. The molecule has 0 bridgehead atoms. The monoisotopic (exact) mass is 191 g/mol. The van der Waals surface area contributed by atoms with Crippen LogP contribution in [0.1, 0.15) is 12.8 Å². The molecule has 2 rings (SSSR count). The Hall–Kier alpha value is -0.680. The quantitative estimate of drug-likeness (QED) is 0.593. The molecule has 0 spiro atoms. The summed E-state index contributed by atoms with van der Waals surface area (Å²) in [5, 5.41) is 11.1. The van der Waals surface area contributed by atoms with Crippen LogP contribution in [0.25, 0.3) is 0 Å². The number of aliphatic hydroxyl groups excluding tert-OH is 1. The van der Waals surface area contributed by atoms with Crippen LogP contribution in [0.15, 0.2) is 0 Å². The zero-order chi connectivity index (χ0) is 9.68. The number of hydrogen-bond donors (Lipinski definition) is 2. The van der Waals surface area contributed by atoms with E-state index in [0.29, 0.717) is 19.6 Å². The van der Waals surface area contributed by atoms with Crippen molar-refractivity contribution in [3.8, 4) is 0 Å². The smallest absolute Gasteiger partial charge is 0.220 e. The third-order valence-electron chi connectivity index (χ3n) is 1.90. The molecule has 0 radical (unpaired) electrons. The van der Waals surface area contributed by atoms with Gasteiger partial charge in [0.05, 0.1) is 25.9 Å². The Bertz CT molecular complexity index is 173. The molecule has 2 aliphatic rings. The van der Waals surface area contributed by atoms with Crippen LogP contribution in [0.4, 0.5) is 4.39 Å². The van der Waals surface area contributed by atoms with Crippen molar-refractivity contribution < 1.29 is 19.0 Å². The normalized spacial score (nSPS) is 27.2. The number of rotatable bonds is 1. The Labute approximate surface area is 76.1 Å². The molecule has 2 N–H and O–H groups in total. The molecule has 0 aromatic carbocycles. The number of carbonyl (C=O) groups is 1. The maximum atomic E-state index is 11.4. The van der Waals surface area contributed by atoms with E-state index in [4.69, 9.17) is 5.11 Å². The average molecular weight is 191 g/mol. The van der Waals surface area contributed by atoms with Crippen molar-refractivity contribution in [2.24, 2.45) is 0 Å². The summed E-state index contributed by atoms with van der Waals surface area (Å²) >= 11 is 0. The van der Waals surface area contributed by atoms with Gasteiger partial charge < -0.3 is 15.2 Å². The van der Waals surface area contributed by atoms with Crippen LogP contribution < -0.4 is 5.32 Å². The summed E-state index contributed by atoms with van der Waals surface area (Å²) in [4.78, 5) is 10.4. The van der Waals surface area contributed by atoms with Crippen LogP contribution in [0, 0.1) is 0 Å². The zero-order valence-electron chi connectivity index (χ0n) is 7.33. The minimum atomic E-state index is -0.657. The van der Waals surface area contributed by atoms with Crippen LogP contribution >= 0.6 is 0 Å². The fourth-order valence-electron chi connectivity index (χ4n) is 1.02. The lowest BCUT2D eigenvalue weighted by molar-refractivity contribution is -0.119. The first-order valence-corrected chi connectivity index (χ1v) is 4.34. The van der Waals surface area contributed by atoms with Gasteiger partial charge in [0.2, 0.25) is 5.91 Å². The summed E-state index contributed by atoms with van der Waals surface area (Å²) < 4.78 is 15.9. The highest BCUT2D eigenvalue weighted by Gasteiger charge is 2.18. The molecule has 76 valence electrons. The lowest BCUT2D eigenvalue weighted by atomic mass is 10.2. The summed E-state index contributed by atoms with van der Waals surface area (Å²) in [7, 11) is 0. The molecule has 1 amide bonds. The highest BCUT2D eigenvalue weighted by atomic mass is 19.1. The van der Waals surface area contributed by atoms with E-state index in [1.165, 1.54) is 0 Å². The van der Waals surface area contributed by atoms with Gasteiger partial charge in [-0.05, 0) is 6.42 Å². The SMILES string of the molecule is FC1COC1.O=C1CCC(CO)N1. The molecule has 1 atom stereocenters. The van der Waals surface area contributed by atoms with Gasteiger partial charge in [0.15, 0.2) is 0 Å². The summed E-state index contributed by atoms with van der Waals surface area (Å²) in [6.45, 7) is 0.714. The van der Waals surface area contributed by atoms with Crippen molar-refractivity contribution in [2.45, 2.75) is 25.1 Å². The van der Waals surface area contributed by atoms with Crippen molar-refractivity contribution in [3.05, 3.63) is 0 Å². The lowest BCUT2D eigenvalue weighted by Gasteiger charge is -2.16. The Kier molecular flexibility index (Phi) is 4.11. The summed E-state index contributed by atoms with van der Waals surface area (Å²) in [5.41, 5.74) is 0. The molecule has 2 aliphatic heterocycles. The summed E-state index contributed by atoms with van der Waals surface area (Å²) in [5.74, 6) is 0.0593. The van der Waals surface area contributed by atoms with Gasteiger partial charge in [-0.15, -0.1) is 0 Å². The molecule has 0 saturated carbocycles. The molecule has 13 heavy (non-hydrogen) atoms. The number of alkyl halides is 1. The minimum Gasteiger partial charge on any atom is -0.394 e. The number of carbonyl (C=O) groups excluding carboxylic acids is 1. The van der Waals surface area contributed by atoms with E-state index in [9.17, 15) is 9.18 Å². The fraction of sp³-hybridized carbons (Fsp3) is 0.875. The maximum absolute atomic E-state index is 11.4. The fourth-order valence-corrected chi connectivity index (χ4v) is 1.02. The van der Waals surface area contributed by atoms with E-state index in [2.05, 4.69) is 10.1 Å². The zero-order valence-corrected chi connectivity index (χ0v) is 7.33. The first-order valence-electron chi connectivity index (χ1n) is 4.34. The van der Waals surface area contributed by atoms with Crippen molar-refractivity contribution >= 4 is 5.91 Å². The summed E-state index contributed by atoms with van der Waals surface area (Å²) in [6.07, 6.45) is 0.704. The standard InChI is InChI=1S/C5H9NO2.C3H5FO/c7-3-4-1-2-5(8)6-4;4-3-1-5-2-3/h4,7H,1-3H2,(H,6,8);3H,1-2H2. The maximum Gasteiger partial charge on any atom is 0.220 e. The second-order valence-electron chi connectivity index (χ2n) is 3.12. The lowest BCUT2D eigenvalue weighted by Crippen LogP contribution is -2.28. The van der Waals surface area contributed by atoms with Gasteiger partial charge in [0.1, 0.15) is 6.17 Å². The highest BCUT2D eigenvalue weighted by Crippen LogP contribution is 2.04. The minimum absolute atomic E-state index is 0.0301. The Balaban J connectivity index is 0.000000145. The second kappa shape index (κ2) is 5.14. The van der Waals surface area contributed by atoms with Crippen molar-refractivity contribution in [2.75, 3.05) is 19.8 Å². The van der Waals surface area contributed by atoms with E-state index >= 15 is 0 Å². The van der Waals surface area contributed by atoms with E-state index in [1.54, 1.807) is 0 Å². The Morgan fingerprint density at radius 2 is 2.23 bits per heavy atom. The summed E-state index contributed by atoms with van der Waals surface area (Å²) in [6, 6.07) is 0.0301. The number of ether oxygens (including phenoxy) is 1. The van der Waals surface area contributed by atoms with Gasteiger partial charge in [0, 0.05) is 6.42 Å². The average Bonchev–Trinajstić information content (AvgIpc) is 2.49. The van der Waals surface area contributed by atoms with E-state index in [0.717, 1.165) is 6.42 Å². The van der Waals surface area contributed by atoms with Crippen LogP contribution in [0.5, 0.6) is 0 Å². The van der Waals surface area contributed by atoms with E-state index in [1.807, 2.05) is 0 Å². The highest BCUT2D eigenvalue weighted by molar-refractivity contribution is 5.78. The predicted molar refractivity (Wildman–Crippen MR) is 44.0 cm³/mol. The second-order valence-corrected chi connectivity index (χ2v) is 3.12. The van der Waals surface area contributed by atoms with Crippen LogP contribution in [0.3, 0.4) is 0 Å².